The maximum absolute atomic E-state index is 11.8. The standard InChI is InChI=1S/C13H15N3O3S2/c14-9-10(17)16-5-13(12(18)19,7-21-11(9)16)6-20-8-3-1-2-4-15-8/h1-4,9,11H,5-7,14H2,(H,18,19)/t9?,11-,13?/m1/s1. The van der Waals surface area contributed by atoms with Crippen molar-refractivity contribution in [3.05, 3.63) is 24.4 Å². The number of carbonyl (C=O) groups excluding carboxylic acids is 1. The fraction of sp³-hybridized carbons (Fsp3) is 0.462. The van der Waals surface area contributed by atoms with Crippen molar-refractivity contribution in [2.45, 2.75) is 16.4 Å². The number of amides is 1. The van der Waals surface area contributed by atoms with Crippen LogP contribution in [-0.2, 0) is 9.59 Å². The highest BCUT2D eigenvalue weighted by molar-refractivity contribution is 8.00. The molecule has 0 radical (unpaired) electrons. The number of nitrogens with two attached hydrogens (primary N) is 1. The Labute approximate surface area is 130 Å². The minimum absolute atomic E-state index is 0.0650. The average molecular weight is 325 g/mol. The molecule has 0 aliphatic carbocycles. The molecule has 2 aliphatic heterocycles. The third-order valence-corrected chi connectivity index (χ3v) is 6.62. The Bertz CT molecular complexity index is 571. The quantitative estimate of drug-likeness (QED) is 0.614. The normalized spacial score (nSPS) is 31.5. The van der Waals surface area contributed by atoms with Crippen LogP contribution in [0.4, 0.5) is 0 Å². The van der Waals surface area contributed by atoms with E-state index in [4.69, 9.17) is 5.73 Å². The molecular formula is C13H15N3O3S2. The highest BCUT2D eigenvalue weighted by Gasteiger charge is 2.55. The minimum atomic E-state index is -0.945. The zero-order valence-electron chi connectivity index (χ0n) is 11.1. The second-order valence-corrected chi connectivity index (χ2v) is 7.34. The van der Waals surface area contributed by atoms with E-state index in [1.807, 2.05) is 18.2 Å². The lowest BCUT2D eigenvalue weighted by Crippen LogP contribution is -2.72. The van der Waals surface area contributed by atoms with Crippen LogP contribution in [0.5, 0.6) is 0 Å². The van der Waals surface area contributed by atoms with Crippen molar-refractivity contribution in [2.24, 2.45) is 11.1 Å². The number of aromatic nitrogens is 1. The molecule has 2 fully saturated rings. The molecule has 3 rings (SSSR count). The Kier molecular flexibility index (Phi) is 3.85. The summed E-state index contributed by atoms with van der Waals surface area (Å²) in [6.07, 6.45) is 1.68. The van der Waals surface area contributed by atoms with Crippen LogP contribution in [0.3, 0.4) is 0 Å². The van der Waals surface area contributed by atoms with Gasteiger partial charge in [-0.3, -0.25) is 9.59 Å². The predicted octanol–water partition coefficient (Wildman–Crippen LogP) is 0.487. The predicted molar refractivity (Wildman–Crippen MR) is 81.0 cm³/mol. The van der Waals surface area contributed by atoms with Crippen molar-refractivity contribution in [3.63, 3.8) is 0 Å². The van der Waals surface area contributed by atoms with E-state index < -0.39 is 17.4 Å². The fourth-order valence-corrected chi connectivity index (χ4v) is 5.12. The van der Waals surface area contributed by atoms with Crippen molar-refractivity contribution in [2.75, 3.05) is 18.1 Å². The molecule has 2 unspecified atom stereocenters. The molecule has 0 aromatic carbocycles. The second kappa shape index (κ2) is 5.51. The molecule has 3 heterocycles. The van der Waals surface area contributed by atoms with Crippen LogP contribution in [0, 0.1) is 5.41 Å². The summed E-state index contributed by atoms with van der Waals surface area (Å²) in [6.45, 7) is 0.229. The largest absolute Gasteiger partial charge is 0.481 e. The summed E-state index contributed by atoms with van der Waals surface area (Å²) in [4.78, 5) is 29.3. The number of nitrogens with zero attached hydrogens (tertiary/aromatic N) is 2. The van der Waals surface area contributed by atoms with Gasteiger partial charge < -0.3 is 15.7 Å². The Morgan fingerprint density at radius 1 is 1.62 bits per heavy atom. The summed E-state index contributed by atoms with van der Waals surface area (Å²) in [7, 11) is 0. The number of β-lactam (4-membered cyclic amide) rings is 1. The molecule has 3 atom stereocenters. The monoisotopic (exact) mass is 325 g/mol. The Morgan fingerprint density at radius 3 is 3.10 bits per heavy atom. The van der Waals surface area contributed by atoms with Crippen molar-refractivity contribution in [3.8, 4) is 0 Å². The number of carboxylic acid groups (broad SMARTS) is 1. The highest BCUT2D eigenvalue weighted by atomic mass is 32.2. The van der Waals surface area contributed by atoms with Gasteiger partial charge in [0.25, 0.3) is 0 Å². The molecule has 2 aliphatic rings. The van der Waals surface area contributed by atoms with E-state index in [2.05, 4.69) is 4.98 Å². The topological polar surface area (TPSA) is 96.5 Å². The van der Waals surface area contributed by atoms with Crippen molar-refractivity contribution in [1.29, 1.82) is 0 Å². The number of carbonyl (C=O) groups is 2. The average Bonchev–Trinajstić information content (AvgIpc) is 2.52. The molecule has 2 saturated heterocycles. The SMILES string of the molecule is NC1C(=O)N2CC(CSc3ccccn3)(C(=O)O)CS[C@H]12. The molecule has 0 saturated carbocycles. The van der Waals surface area contributed by atoms with E-state index in [1.165, 1.54) is 23.5 Å². The zero-order chi connectivity index (χ0) is 15.0. The van der Waals surface area contributed by atoms with Gasteiger partial charge >= 0.3 is 5.97 Å². The van der Waals surface area contributed by atoms with Gasteiger partial charge in [0.05, 0.1) is 5.03 Å². The van der Waals surface area contributed by atoms with Gasteiger partial charge in [-0.25, -0.2) is 4.98 Å². The third-order valence-electron chi connectivity index (χ3n) is 3.77. The molecule has 6 nitrogen and oxygen atoms in total. The first-order chi connectivity index (χ1) is 10.0. The third kappa shape index (κ3) is 2.51. The molecule has 0 spiro atoms. The minimum Gasteiger partial charge on any atom is -0.481 e. The fourth-order valence-electron chi connectivity index (χ4n) is 2.45. The van der Waals surface area contributed by atoms with Gasteiger partial charge in [-0.15, -0.1) is 23.5 Å². The number of fused-ring (bicyclic) bond motifs is 1. The van der Waals surface area contributed by atoms with Gasteiger partial charge in [0.1, 0.15) is 16.8 Å². The van der Waals surface area contributed by atoms with Gasteiger partial charge in [-0.1, -0.05) is 6.07 Å². The first-order valence-electron chi connectivity index (χ1n) is 6.48. The number of aliphatic carboxylic acids is 1. The van der Waals surface area contributed by atoms with Crippen LogP contribution < -0.4 is 5.73 Å². The first-order valence-corrected chi connectivity index (χ1v) is 8.52. The van der Waals surface area contributed by atoms with Crippen LogP contribution in [0.1, 0.15) is 0 Å². The molecule has 112 valence electrons. The molecule has 21 heavy (non-hydrogen) atoms. The number of carboxylic acids is 1. The summed E-state index contributed by atoms with van der Waals surface area (Å²) in [6, 6.07) is 5.05. The number of rotatable bonds is 4. The van der Waals surface area contributed by atoms with Gasteiger partial charge in [0.2, 0.25) is 5.91 Å². The second-order valence-electron chi connectivity index (χ2n) is 5.24. The summed E-state index contributed by atoms with van der Waals surface area (Å²) in [5.74, 6) is -0.173. The summed E-state index contributed by atoms with van der Waals surface area (Å²) < 4.78 is 0. The number of hydrogen-bond donors (Lipinski definition) is 2. The molecule has 8 heteroatoms. The van der Waals surface area contributed by atoms with Crippen LogP contribution >= 0.6 is 23.5 Å². The molecular weight excluding hydrogens is 310 g/mol. The van der Waals surface area contributed by atoms with E-state index in [0.29, 0.717) is 11.5 Å². The van der Waals surface area contributed by atoms with Gasteiger partial charge in [-0.05, 0) is 12.1 Å². The van der Waals surface area contributed by atoms with Crippen molar-refractivity contribution in [1.82, 2.24) is 9.88 Å². The Hall–Kier alpha value is -1.25. The highest BCUT2D eigenvalue weighted by Crippen LogP contribution is 2.43. The number of hydrogen-bond acceptors (Lipinski definition) is 6. The maximum atomic E-state index is 11.8. The molecule has 0 bridgehead atoms. The maximum Gasteiger partial charge on any atom is 0.313 e. The lowest BCUT2D eigenvalue weighted by Gasteiger charge is -2.52. The Balaban J connectivity index is 1.72. The summed E-state index contributed by atoms with van der Waals surface area (Å²) >= 11 is 2.87. The Morgan fingerprint density at radius 2 is 2.43 bits per heavy atom. The smallest absolute Gasteiger partial charge is 0.313 e. The van der Waals surface area contributed by atoms with Gasteiger partial charge in [0, 0.05) is 24.2 Å². The molecule has 1 aromatic heterocycles. The number of pyridine rings is 1. The first kappa shape index (κ1) is 14.7. The summed E-state index contributed by atoms with van der Waals surface area (Å²) in [5.41, 5.74) is 4.79. The van der Waals surface area contributed by atoms with Gasteiger partial charge in [-0.2, -0.15) is 0 Å². The summed E-state index contributed by atoms with van der Waals surface area (Å²) in [5, 5.41) is 10.4. The van der Waals surface area contributed by atoms with E-state index in [0.717, 1.165) is 5.03 Å². The van der Waals surface area contributed by atoms with Gasteiger partial charge in [0.15, 0.2) is 0 Å². The number of thioether (sulfide) groups is 2. The lowest BCUT2D eigenvalue weighted by atomic mass is 9.89. The molecule has 1 aromatic rings. The van der Waals surface area contributed by atoms with E-state index in [-0.39, 0.29) is 17.8 Å². The zero-order valence-corrected chi connectivity index (χ0v) is 12.8. The molecule has 1 amide bonds. The van der Waals surface area contributed by atoms with E-state index in [1.54, 1.807) is 11.1 Å². The van der Waals surface area contributed by atoms with Crippen LogP contribution in [-0.4, -0.2) is 56.3 Å². The van der Waals surface area contributed by atoms with E-state index in [9.17, 15) is 14.7 Å². The molecule has 3 N–H and O–H groups in total. The van der Waals surface area contributed by atoms with Crippen LogP contribution in [0.15, 0.2) is 29.4 Å². The van der Waals surface area contributed by atoms with Crippen molar-refractivity contribution < 1.29 is 14.7 Å². The van der Waals surface area contributed by atoms with Crippen LogP contribution in [0.25, 0.3) is 0 Å². The van der Waals surface area contributed by atoms with Crippen LogP contribution in [0.2, 0.25) is 0 Å². The lowest BCUT2D eigenvalue weighted by molar-refractivity contribution is -0.155. The van der Waals surface area contributed by atoms with Crippen molar-refractivity contribution >= 4 is 35.4 Å². The van der Waals surface area contributed by atoms with E-state index >= 15 is 0 Å².